The minimum atomic E-state index is -0.186. The fourth-order valence-corrected chi connectivity index (χ4v) is 2.49. The van der Waals surface area contributed by atoms with Crippen LogP contribution in [-0.2, 0) is 25.7 Å². The molecular formula is C21H29ClN2O4. The van der Waals surface area contributed by atoms with E-state index in [1.807, 2.05) is 31.2 Å². The third-order valence-corrected chi connectivity index (χ3v) is 4.15. The number of hydrogen-bond acceptors (Lipinski definition) is 4. The van der Waals surface area contributed by atoms with Crippen molar-refractivity contribution in [3.63, 3.8) is 0 Å². The predicted molar refractivity (Wildman–Crippen MR) is 110 cm³/mol. The van der Waals surface area contributed by atoms with E-state index in [0.29, 0.717) is 36.9 Å². The highest BCUT2D eigenvalue weighted by Crippen LogP contribution is 2.10. The monoisotopic (exact) mass is 408 g/mol. The normalized spacial score (nSPS) is 19.3. The molecule has 1 aliphatic rings. The third kappa shape index (κ3) is 12.1. The summed E-state index contributed by atoms with van der Waals surface area (Å²) in [4.78, 5) is 33.1. The Balaban J connectivity index is 0.000000292. The first-order valence-electron chi connectivity index (χ1n) is 9.43. The van der Waals surface area contributed by atoms with E-state index in [9.17, 15) is 14.4 Å². The van der Waals surface area contributed by atoms with Crippen LogP contribution in [0.1, 0.15) is 45.1 Å². The summed E-state index contributed by atoms with van der Waals surface area (Å²) >= 11 is 5.69. The molecule has 0 fully saturated rings. The van der Waals surface area contributed by atoms with Gasteiger partial charge in [0, 0.05) is 31.3 Å². The van der Waals surface area contributed by atoms with E-state index in [1.165, 1.54) is 6.92 Å². The molecule has 1 aromatic carbocycles. The zero-order chi connectivity index (χ0) is 20.8. The van der Waals surface area contributed by atoms with Crippen LogP contribution < -0.4 is 10.6 Å². The van der Waals surface area contributed by atoms with Gasteiger partial charge in [0.15, 0.2) is 0 Å². The van der Waals surface area contributed by atoms with Crippen molar-refractivity contribution < 1.29 is 19.1 Å². The number of ether oxygens (including phenoxy) is 1. The smallest absolute Gasteiger partial charge is 0.306 e. The molecule has 0 saturated carbocycles. The van der Waals surface area contributed by atoms with E-state index >= 15 is 0 Å². The van der Waals surface area contributed by atoms with Gasteiger partial charge in [-0.15, -0.1) is 0 Å². The van der Waals surface area contributed by atoms with Crippen LogP contribution >= 0.6 is 11.6 Å². The summed E-state index contributed by atoms with van der Waals surface area (Å²) in [6.45, 7) is 4.75. The molecule has 154 valence electrons. The number of halogens is 1. The van der Waals surface area contributed by atoms with Gasteiger partial charge in [-0.2, -0.15) is 0 Å². The number of nitrogens with one attached hydrogen (secondary N) is 2. The average molecular weight is 409 g/mol. The van der Waals surface area contributed by atoms with Crippen LogP contribution in [0.25, 0.3) is 0 Å². The predicted octanol–water partition coefficient (Wildman–Crippen LogP) is 3.39. The van der Waals surface area contributed by atoms with Gasteiger partial charge in [0.1, 0.15) is 6.61 Å². The van der Waals surface area contributed by atoms with E-state index in [0.717, 1.165) is 18.4 Å². The van der Waals surface area contributed by atoms with E-state index in [-0.39, 0.29) is 24.4 Å². The number of amides is 2. The molecule has 0 spiro atoms. The van der Waals surface area contributed by atoms with Crippen molar-refractivity contribution in [1.29, 1.82) is 0 Å². The Hall–Kier alpha value is -2.34. The summed E-state index contributed by atoms with van der Waals surface area (Å²) in [6.07, 6.45) is 6.59. The van der Waals surface area contributed by atoms with Gasteiger partial charge in [-0.1, -0.05) is 42.8 Å². The number of cyclic esters (lactones) is 1. The molecule has 0 aromatic heterocycles. The molecule has 1 atom stereocenters. The lowest BCUT2D eigenvalue weighted by Gasteiger charge is -2.08. The molecule has 1 unspecified atom stereocenters. The molecule has 0 saturated heterocycles. The maximum Gasteiger partial charge on any atom is 0.306 e. The quantitative estimate of drug-likeness (QED) is 0.580. The summed E-state index contributed by atoms with van der Waals surface area (Å²) in [7, 11) is 0. The number of esters is 1. The fraction of sp³-hybridized carbons (Fsp3) is 0.476. The highest BCUT2D eigenvalue weighted by molar-refractivity contribution is 6.30. The van der Waals surface area contributed by atoms with Gasteiger partial charge >= 0.3 is 5.97 Å². The Morgan fingerprint density at radius 2 is 1.96 bits per heavy atom. The summed E-state index contributed by atoms with van der Waals surface area (Å²) in [5, 5.41) is 6.11. The van der Waals surface area contributed by atoms with Crippen molar-refractivity contribution in [3.05, 3.63) is 47.0 Å². The van der Waals surface area contributed by atoms with Gasteiger partial charge in [-0.3, -0.25) is 14.4 Å². The summed E-state index contributed by atoms with van der Waals surface area (Å²) in [6, 6.07) is 7.38. The molecular weight excluding hydrogens is 380 g/mol. The summed E-state index contributed by atoms with van der Waals surface area (Å²) in [5.41, 5.74) is 1.05. The minimum Gasteiger partial charge on any atom is -0.464 e. The maximum absolute atomic E-state index is 11.3. The van der Waals surface area contributed by atoms with Crippen molar-refractivity contribution in [2.45, 2.75) is 46.1 Å². The van der Waals surface area contributed by atoms with Gasteiger partial charge in [0.2, 0.25) is 11.8 Å². The van der Waals surface area contributed by atoms with Gasteiger partial charge in [0.05, 0.1) is 6.54 Å². The van der Waals surface area contributed by atoms with Crippen LogP contribution in [0, 0.1) is 5.92 Å². The van der Waals surface area contributed by atoms with Crippen molar-refractivity contribution in [3.8, 4) is 0 Å². The lowest BCUT2D eigenvalue weighted by Crippen LogP contribution is -2.27. The molecule has 28 heavy (non-hydrogen) atoms. The molecule has 0 bridgehead atoms. The Bertz CT molecular complexity index is 659. The third-order valence-electron chi connectivity index (χ3n) is 3.90. The molecule has 1 aliphatic heterocycles. The number of rotatable bonds is 2. The zero-order valence-electron chi connectivity index (χ0n) is 16.5. The number of carbonyl (C=O) groups is 3. The molecule has 2 rings (SSSR count). The standard InChI is InChI=1S/C12H19NO3.C9H10ClNO/c1-10-5-3-2-4-6-11(14)13-7-8-16-12(15)9-10;1-7(12)11-6-8-2-4-9(10)5-3-8/h2-3,10H,4-9H2,1H3,(H,13,14);2-5H,6H2,1H3,(H,11,12)/b3-2+;. The van der Waals surface area contributed by atoms with Crippen LogP contribution in [0.15, 0.2) is 36.4 Å². The Labute approximate surface area is 171 Å². The van der Waals surface area contributed by atoms with E-state index in [4.69, 9.17) is 16.3 Å². The highest BCUT2D eigenvalue weighted by atomic mass is 35.5. The molecule has 0 radical (unpaired) electrons. The second-order valence-corrected chi connectivity index (χ2v) is 7.10. The van der Waals surface area contributed by atoms with Crippen molar-refractivity contribution >= 4 is 29.4 Å². The van der Waals surface area contributed by atoms with Gasteiger partial charge in [0.25, 0.3) is 0 Å². The molecule has 0 aliphatic carbocycles. The lowest BCUT2D eigenvalue weighted by molar-refractivity contribution is -0.144. The van der Waals surface area contributed by atoms with Crippen molar-refractivity contribution in [2.24, 2.45) is 5.92 Å². The molecule has 2 N–H and O–H groups in total. The van der Waals surface area contributed by atoms with Crippen molar-refractivity contribution in [1.82, 2.24) is 10.6 Å². The van der Waals surface area contributed by atoms with Crippen LogP contribution in [0.4, 0.5) is 0 Å². The second-order valence-electron chi connectivity index (χ2n) is 6.66. The van der Waals surface area contributed by atoms with Crippen LogP contribution in [0.2, 0.25) is 5.02 Å². The fourth-order valence-electron chi connectivity index (χ4n) is 2.36. The Kier molecular flexibility index (Phi) is 11.7. The molecule has 1 heterocycles. The van der Waals surface area contributed by atoms with E-state index in [2.05, 4.69) is 10.6 Å². The molecule has 7 heteroatoms. The first-order chi connectivity index (χ1) is 13.4. The van der Waals surface area contributed by atoms with Crippen LogP contribution in [0.3, 0.4) is 0 Å². The summed E-state index contributed by atoms with van der Waals surface area (Å²) in [5.74, 6) is 0.0977. The number of benzene rings is 1. The number of allylic oxidation sites excluding steroid dienone is 2. The molecule has 1 aromatic rings. The van der Waals surface area contributed by atoms with Gasteiger partial charge in [-0.25, -0.2) is 0 Å². The minimum absolute atomic E-state index is 0.00740. The first kappa shape index (κ1) is 23.7. The van der Waals surface area contributed by atoms with Gasteiger partial charge < -0.3 is 15.4 Å². The number of hydrogen-bond donors (Lipinski definition) is 2. The highest BCUT2D eigenvalue weighted by Gasteiger charge is 2.09. The van der Waals surface area contributed by atoms with Gasteiger partial charge in [-0.05, 0) is 36.5 Å². The lowest BCUT2D eigenvalue weighted by atomic mass is 10.0. The zero-order valence-corrected chi connectivity index (χ0v) is 17.3. The molecule has 2 amide bonds. The number of carbonyl (C=O) groups excluding carboxylic acids is 3. The summed E-state index contributed by atoms with van der Waals surface area (Å²) < 4.78 is 5.00. The van der Waals surface area contributed by atoms with E-state index < -0.39 is 0 Å². The maximum atomic E-state index is 11.3. The van der Waals surface area contributed by atoms with Crippen molar-refractivity contribution in [2.75, 3.05) is 13.2 Å². The SMILES string of the molecule is CC(=O)NCc1ccc(Cl)cc1.CC1C/C=C/CCC(=O)NCCOC(=O)C1. The topological polar surface area (TPSA) is 84.5 Å². The average Bonchev–Trinajstić information content (AvgIpc) is 2.65. The van der Waals surface area contributed by atoms with E-state index in [1.54, 1.807) is 12.1 Å². The first-order valence-corrected chi connectivity index (χ1v) is 9.80. The largest absolute Gasteiger partial charge is 0.464 e. The Morgan fingerprint density at radius 3 is 2.64 bits per heavy atom. The second kappa shape index (κ2) is 13.8. The van der Waals surface area contributed by atoms with Crippen LogP contribution in [-0.4, -0.2) is 30.9 Å². The van der Waals surface area contributed by atoms with Crippen LogP contribution in [0.5, 0.6) is 0 Å². The molecule has 6 nitrogen and oxygen atoms in total. The Morgan fingerprint density at radius 1 is 1.25 bits per heavy atom.